The maximum absolute atomic E-state index is 11.1. The molecule has 1 N–H and O–H groups in total. The Balaban J connectivity index is 2.88. The summed E-state index contributed by atoms with van der Waals surface area (Å²) in [6, 6.07) is 4.70. The van der Waals surface area contributed by atoms with Crippen LogP contribution in [0.3, 0.4) is 0 Å². The quantitative estimate of drug-likeness (QED) is 0.791. The molecule has 0 radical (unpaired) electrons. The fraction of sp³-hybridized carbons (Fsp3) is 0. The molecule has 0 bridgehead atoms. The van der Waals surface area contributed by atoms with Gasteiger partial charge < -0.3 is 4.98 Å². The molecule has 0 amide bonds. The molecule has 0 saturated heterocycles. The standard InChI is InChI=1S/C8H5Cl2NO2S/c9-8-5-3-4-11-6(5)1-2-7(8)14(10,12)13/h1-4,11H. The summed E-state index contributed by atoms with van der Waals surface area (Å²) in [6.07, 6.45) is 1.68. The number of nitrogens with one attached hydrogen (secondary N) is 1. The van der Waals surface area contributed by atoms with E-state index < -0.39 is 9.05 Å². The minimum Gasteiger partial charge on any atom is -0.361 e. The van der Waals surface area contributed by atoms with Crippen molar-refractivity contribution in [1.29, 1.82) is 0 Å². The van der Waals surface area contributed by atoms with E-state index in [1.807, 2.05) is 0 Å². The number of H-pyrrole nitrogens is 1. The average molecular weight is 250 g/mol. The summed E-state index contributed by atoms with van der Waals surface area (Å²) in [5.74, 6) is 0. The lowest BCUT2D eigenvalue weighted by Gasteiger charge is -2.00. The van der Waals surface area contributed by atoms with E-state index in [0.717, 1.165) is 5.52 Å². The number of aromatic nitrogens is 1. The fourth-order valence-electron chi connectivity index (χ4n) is 1.26. The number of halogens is 2. The first-order valence-corrected chi connectivity index (χ1v) is 6.39. The van der Waals surface area contributed by atoms with Crippen LogP contribution in [0.4, 0.5) is 0 Å². The van der Waals surface area contributed by atoms with Crippen molar-refractivity contribution >= 4 is 42.2 Å². The second-order valence-corrected chi connectivity index (χ2v) is 5.67. The molecule has 74 valence electrons. The highest BCUT2D eigenvalue weighted by Gasteiger charge is 2.16. The average Bonchev–Trinajstić information content (AvgIpc) is 2.50. The van der Waals surface area contributed by atoms with Gasteiger partial charge in [0.05, 0.1) is 5.02 Å². The number of hydrogen-bond donors (Lipinski definition) is 1. The largest absolute Gasteiger partial charge is 0.361 e. The lowest BCUT2D eigenvalue weighted by Crippen LogP contribution is -1.91. The smallest absolute Gasteiger partial charge is 0.262 e. The fourth-order valence-corrected chi connectivity index (χ4v) is 2.86. The van der Waals surface area contributed by atoms with Crippen LogP contribution in [0.15, 0.2) is 29.3 Å². The van der Waals surface area contributed by atoms with Gasteiger partial charge in [0.2, 0.25) is 0 Å². The maximum Gasteiger partial charge on any atom is 0.262 e. The van der Waals surface area contributed by atoms with Gasteiger partial charge in [-0.3, -0.25) is 0 Å². The SMILES string of the molecule is O=S(=O)(Cl)c1ccc2[nH]ccc2c1Cl. The molecular formula is C8H5Cl2NO2S. The van der Waals surface area contributed by atoms with Crippen LogP contribution in [0.1, 0.15) is 0 Å². The van der Waals surface area contributed by atoms with Crippen molar-refractivity contribution in [2.75, 3.05) is 0 Å². The Bertz CT molecular complexity index is 588. The Labute approximate surface area is 90.1 Å². The second kappa shape index (κ2) is 3.15. The van der Waals surface area contributed by atoms with Crippen molar-refractivity contribution in [3.8, 4) is 0 Å². The molecular weight excluding hydrogens is 245 g/mol. The van der Waals surface area contributed by atoms with E-state index in [1.165, 1.54) is 6.07 Å². The zero-order valence-electron chi connectivity index (χ0n) is 6.79. The first kappa shape index (κ1) is 9.83. The highest BCUT2D eigenvalue weighted by Crippen LogP contribution is 2.31. The lowest BCUT2D eigenvalue weighted by molar-refractivity contribution is 0.610. The second-order valence-electron chi connectivity index (χ2n) is 2.75. The van der Waals surface area contributed by atoms with Crippen LogP contribution in [0.25, 0.3) is 10.9 Å². The van der Waals surface area contributed by atoms with Crippen LogP contribution in [0.2, 0.25) is 5.02 Å². The van der Waals surface area contributed by atoms with E-state index in [2.05, 4.69) is 4.98 Å². The molecule has 2 aromatic rings. The van der Waals surface area contributed by atoms with Gasteiger partial charge in [0.25, 0.3) is 9.05 Å². The monoisotopic (exact) mass is 249 g/mol. The molecule has 1 heterocycles. The minimum absolute atomic E-state index is 0.0621. The third-order valence-electron chi connectivity index (χ3n) is 1.90. The van der Waals surface area contributed by atoms with Gasteiger partial charge in [0, 0.05) is 27.8 Å². The molecule has 0 saturated carbocycles. The molecule has 14 heavy (non-hydrogen) atoms. The zero-order valence-corrected chi connectivity index (χ0v) is 9.12. The van der Waals surface area contributed by atoms with Crippen molar-refractivity contribution < 1.29 is 8.42 Å². The summed E-state index contributed by atoms with van der Waals surface area (Å²) in [7, 11) is 1.43. The van der Waals surface area contributed by atoms with Gasteiger partial charge in [-0.1, -0.05) is 11.6 Å². The summed E-state index contributed by atoms with van der Waals surface area (Å²) in [6.45, 7) is 0. The van der Waals surface area contributed by atoms with Crippen molar-refractivity contribution in [2.24, 2.45) is 0 Å². The Morgan fingerprint density at radius 3 is 2.57 bits per heavy atom. The van der Waals surface area contributed by atoms with Gasteiger partial charge in [0.1, 0.15) is 4.90 Å². The third-order valence-corrected chi connectivity index (χ3v) is 3.78. The van der Waals surface area contributed by atoms with E-state index in [9.17, 15) is 8.42 Å². The highest BCUT2D eigenvalue weighted by molar-refractivity contribution is 8.13. The number of rotatable bonds is 1. The first-order valence-electron chi connectivity index (χ1n) is 3.70. The van der Waals surface area contributed by atoms with E-state index >= 15 is 0 Å². The maximum atomic E-state index is 11.1. The molecule has 1 aromatic carbocycles. The molecule has 0 spiro atoms. The molecule has 6 heteroatoms. The predicted molar refractivity (Wildman–Crippen MR) is 56.3 cm³/mol. The van der Waals surface area contributed by atoms with E-state index in [0.29, 0.717) is 5.39 Å². The topological polar surface area (TPSA) is 49.9 Å². The van der Waals surface area contributed by atoms with Crippen molar-refractivity contribution in [3.05, 3.63) is 29.4 Å². The van der Waals surface area contributed by atoms with Crippen molar-refractivity contribution in [2.45, 2.75) is 4.90 Å². The summed E-state index contributed by atoms with van der Waals surface area (Å²) in [5.41, 5.74) is 0.777. The Kier molecular flexibility index (Phi) is 2.21. The van der Waals surface area contributed by atoms with Crippen LogP contribution >= 0.6 is 22.3 Å². The van der Waals surface area contributed by atoms with Gasteiger partial charge in [-0.15, -0.1) is 0 Å². The van der Waals surface area contributed by atoms with Crippen LogP contribution in [0.5, 0.6) is 0 Å². The van der Waals surface area contributed by atoms with Gasteiger partial charge in [-0.25, -0.2) is 8.42 Å². The van der Waals surface area contributed by atoms with E-state index in [4.69, 9.17) is 22.3 Å². The van der Waals surface area contributed by atoms with Gasteiger partial charge >= 0.3 is 0 Å². The number of fused-ring (bicyclic) bond motifs is 1. The molecule has 0 atom stereocenters. The molecule has 0 fully saturated rings. The Morgan fingerprint density at radius 1 is 1.21 bits per heavy atom. The van der Waals surface area contributed by atoms with Crippen LogP contribution in [-0.4, -0.2) is 13.4 Å². The molecule has 1 aromatic heterocycles. The zero-order chi connectivity index (χ0) is 10.3. The number of aromatic amines is 1. The van der Waals surface area contributed by atoms with Gasteiger partial charge in [0.15, 0.2) is 0 Å². The van der Waals surface area contributed by atoms with Gasteiger partial charge in [-0.05, 0) is 18.2 Å². The van der Waals surface area contributed by atoms with Gasteiger partial charge in [-0.2, -0.15) is 0 Å². The van der Waals surface area contributed by atoms with Crippen LogP contribution in [-0.2, 0) is 9.05 Å². The molecule has 0 aliphatic carbocycles. The van der Waals surface area contributed by atoms with Crippen LogP contribution in [0, 0.1) is 0 Å². The summed E-state index contributed by atoms with van der Waals surface area (Å²) in [5, 5.41) is 0.798. The minimum atomic E-state index is -3.78. The highest BCUT2D eigenvalue weighted by atomic mass is 35.7. The number of benzene rings is 1. The third kappa shape index (κ3) is 1.49. The lowest BCUT2D eigenvalue weighted by atomic mass is 10.2. The normalized spacial score (nSPS) is 12.1. The molecule has 0 unspecified atom stereocenters. The molecule has 2 rings (SSSR count). The molecule has 0 aliphatic rings. The van der Waals surface area contributed by atoms with Crippen molar-refractivity contribution in [3.63, 3.8) is 0 Å². The van der Waals surface area contributed by atoms with Crippen molar-refractivity contribution in [1.82, 2.24) is 4.98 Å². The van der Waals surface area contributed by atoms with E-state index in [-0.39, 0.29) is 9.92 Å². The van der Waals surface area contributed by atoms with E-state index in [1.54, 1.807) is 18.3 Å². The summed E-state index contributed by atoms with van der Waals surface area (Å²) < 4.78 is 22.2. The summed E-state index contributed by atoms with van der Waals surface area (Å²) in [4.78, 5) is 2.85. The van der Waals surface area contributed by atoms with Crippen LogP contribution < -0.4 is 0 Å². The number of hydrogen-bond acceptors (Lipinski definition) is 2. The predicted octanol–water partition coefficient (Wildman–Crippen LogP) is 2.75. The first-order chi connectivity index (χ1) is 6.50. The Morgan fingerprint density at radius 2 is 1.93 bits per heavy atom. The molecule has 3 nitrogen and oxygen atoms in total. The molecule has 0 aliphatic heterocycles. The Hall–Kier alpha value is -0.710. The summed E-state index contributed by atoms with van der Waals surface area (Å²) >= 11 is 5.88.